The molecule has 0 bridgehead atoms. The summed E-state index contributed by atoms with van der Waals surface area (Å²) in [5.41, 5.74) is 3.12. The average molecular weight is 468 g/mol. The lowest BCUT2D eigenvalue weighted by atomic mass is 10.2. The van der Waals surface area contributed by atoms with Crippen molar-refractivity contribution in [2.45, 2.75) is 19.4 Å². The first-order chi connectivity index (χ1) is 15.6. The van der Waals surface area contributed by atoms with Crippen LogP contribution < -0.4 is 10.1 Å². The third kappa shape index (κ3) is 5.69. The molecule has 4 rings (SSSR count). The van der Waals surface area contributed by atoms with Gasteiger partial charge >= 0.3 is 0 Å². The van der Waals surface area contributed by atoms with Crippen molar-refractivity contribution in [3.05, 3.63) is 71.2 Å². The van der Waals surface area contributed by atoms with E-state index in [0.29, 0.717) is 30.3 Å². The number of nitrogens with one attached hydrogen (secondary N) is 1. The average Bonchev–Trinajstić information content (AvgIpc) is 3.48. The third-order valence-electron chi connectivity index (χ3n) is 5.11. The molecule has 3 aromatic rings. The Balaban J connectivity index is 1.25. The van der Waals surface area contributed by atoms with E-state index >= 15 is 0 Å². The second kappa shape index (κ2) is 10.7. The molecule has 0 radical (unpaired) electrons. The fourth-order valence-electron chi connectivity index (χ4n) is 3.41. The first-order valence-electron chi connectivity index (χ1n) is 10.4. The molecule has 0 spiro atoms. The number of hydrogen-bond acceptors (Lipinski definition) is 6. The Morgan fingerprint density at radius 3 is 2.84 bits per heavy atom. The van der Waals surface area contributed by atoms with Crippen LogP contribution in [0.3, 0.4) is 0 Å². The predicted octanol–water partition coefficient (Wildman–Crippen LogP) is 3.76. The van der Waals surface area contributed by atoms with Crippen molar-refractivity contribution >= 4 is 34.9 Å². The minimum absolute atomic E-state index is 0.0745. The fraction of sp³-hybridized carbons (Fsp3) is 0.292. The molecule has 1 fully saturated rings. The minimum Gasteiger partial charge on any atom is -0.484 e. The summed E-state index contributed by atoms with van der Waals surface area (Å²) in [5, 5.41) is 5.97. The highest BCUT2D eigenvalue weighted by atomic mass is 32.2. The quantitative estimate of drug-likeness (QED) is 0.546. The molecule has 1 N–H and O–H groups in total. The van der Waals surface area contributed by atoms with Gasteiger partial charge in [0.2, 0.25) is 5.91 Å². The monoisotopic (exact) mass is 467 g/mol. The number of aromatic nitrogens is 1. The van der Waals surface area contributed by atoms with Gasteiger partial charge in [-0.3, -0.25) is 9.59 Å². The van der Waals surface area contributed by atoms with Gasteiger partial charge in [-0.2, -0.15) is 0 Å². The maximum atomic E-state index is 12.7. The first kappa shape index (κ1) is 22.4. The highest BCUT2D eigenvalue weighted by Crippen LogP contribution is 2.24. The van der Waals surface area contributed by atoms with Gasteiger partial charge in [-0.15, -0.1) is 23.1 Å². The molecular weight excluding hydrogens is 442 g/mol. The Morgan fingerprint density at radius 1 is 1.19 bits per heavy atom. The van der Waals surface area contributed by atoms with E-state index in [-0.39, 0.29) is 18.4 Å². The van der Waals surface area contributed by atoms with E-state index in [1.165, 1.54) is 0 Å². The van der Waals surface area contributed by atoms with Crippen LogP contribution in [0.2, 0.25) is 0 Å². The number of aryl methyl sites for hydroxylation is 1. The first-order valence-corrected chi connectivity index (χ1v) is 12.5. The Kier molecular flexibility index (Phi) is 7.44. The molecule has 1 atom stereocenters. The van der Waals surface area contributed by atoms with Gasteiger partial charge in [0.1, 0.15) is 16.8 Å². The van der Waals surface area contributed by atoms with Crippen molar-refractivity contribution < 1.29 is 14.3 Å². The van der Waals surface area contributed by atoms with Crippen LogP contribution in [0.5, 0.6) is 5.75 Å². The van der Waals surface area contributed by atoms with Crippen LogP contribution in [0, 0.1) is 6.92 Å². The highest BCUT2D eigenvalue weighted by Gasteiger charge is 2.34. The lowest BCUT2D eigenvalue weighted by molar-refractivity contribution is -0.139. The number of thioether (sulfide) groups is 1. The number of amides is 2. The second-order valence-corrected chi connectivity index (χ2v) is 9.39. The molecule has 2 amide bonds. The summed E-state index contributed by atoms with van der Waals surface area (Å²) in [6.07, 6.45) is 0.652. The number of carbonyl (C=O) groups excluding carboxylic acids is 2. The van der Waals surface area contributed by atoms with Crippen molar-refractivity contribution in [3.63, 3.8) is 0 Å². The summed E-state index contributed by atoms with van der Waals surface area (Å²) in [7, 11) is 0. The molecule has 32 heavy (non-hydrogen) atoms. The molecule has 1 saturated heterocycles. The number of thiazole rings is 1. The van der Waals surface area contributed by atoms with Crippen molar-refractivity contribution in [2.24, 2.45) is 0 Å². The van der Waals surface area contributed by atoms with Gasteiger partial charge in [0.05, 0.1) is 11.6 Å². The number of rotatable bonds is 8. The molecule has 166 valence electrons. The van der Waals surface area contributed by atoms with Crippen molar-refractivity contribution in [1.82, 2.24) is 15.2 Å². The zero-order chi connectivity index (χ0) is 22.3. The zero-order valence-electron chi connectivity index (χ0n) is 17.8. The van der Waals surface area contributed by atoms with E-state index in [1.54, 1.807) is 28.0 Å². The maximum absolute atomic E-state index is 12.7. The maximum Gasteiger partial charge on any atom is 0.261 e. The summed E-state index contributed by atoms with van der Waals surface area (Å²) in [5.74, 6) is 1.45. The van der Waals surface area contributed by atoms with Gasteiger partial charge in [0.15, 0.2) is 6.61 Å². The van der Waals surface area contributed by atoms with Crippen LogP contribution in [-0.2, 0) is 16.0 Å². The van der Waals surface area contributed by atoms with Crippen LogP contribution in [0.25, 0.3) is 10.6 Å². The van der Waals surface area contributed by atoms with Crippen LogP contribution in [0.1, 0.15) is 11.3 Å². The fourth-order valence-corrected chi connectivity index (χ4v) is 5.45. The Bertz CT molecular complexity index is 1070. The van der Waals surface area contributed by atoms with Gasteiger partial charge in [-0.25, -0.2) is 4.98 Å². The molecule has 1 unspecified atom stereocenters. The molecule has 2 aromatic carbocycles. The van der Waals surface area contributed by atoms with Gasteiger partial charge in [-0.1, -0.05) is 42.5 Å². The number of benzene rings is 2. The van der Waals surface area contributed by atoms with Crippen LogP contribution in [0.15, 0.2) is 60.0 Å². The normalized spacial score (nSPS) is 15.5. The largest absolute Gasteiger partial charge is 0.484 e. The topological polar surface area (TPSA) is 71.5 Å². The van der Waals surface area contributed by atoms with Gasteiger partial charge in [-0.05, 0) is 24.6 Å². The molecule has 0 aliphatic carbocycles. The van der Waals surface area contributed by atoms with Crippen LogP contribution >= 0.6 is 23.1 Å². The Labute approximate surface area is 196 Å². The SMILES string of the molecule is Cc1cccc(OCC(=O)N2CSCC2C(=O)NCCc2csc(-c3ccccc3)n2)c1. The minimum atomic E-state index is -0.469. The van der Waals surface area contributed by atoms with E-state index < -0.39 is 6.04 Å². The van der Waals surface area contributed by atoms with Crippen molar-refractivity contribution in [3.8, 4) is 16.3 Å². The molecule has 6 nitrogen and oxygen atoms in total. The number of hydrogen-bond donors (Lipinski definition) is 1. The standard InChI is InChI=1S/C24H25N3O3S2/c1-17-6-5-9-20(12-17)30-13-22(28)27-16-31-15-21(27)23(29)25-11-10-19-14-32-24(26-19)18-7-3-2-4-8-18/h2-9,12,14,21H,10-11,13,15-16H2,1H3,(H,25,29). The lowest BCUT2D eigenvalue weighted by Crippen LogP contribution is -2.48. The highest BCUT2D eigenvalue weighted by molar-refractivity contribution is 7.99. The molecule has 1 aliphatic rings. The molecular formula is C24H25N3O3S2. The van der Waals surface area contributed by atoms with Crippen molar-refractivity contribution in [2.75, 3.05) is 24.8 Å². The Morgan fingerprint density at radius 2 is 2.03 bits per heavy atom. The van der Waals surface area contributed by atoms with Crippen molar-refractivity contribution in [1.29, 1.82) is 0 Å². The number of ether oxygens (including phenoxy) is 1. The summed E-state index contributed by atoms with van der Waals surface area (Å²) >= 11 is 3.18. The predicted molar refractivity (Wildman–Crippen MR) is 129 cm³/mol. The summed E-state index contributed by atoms with van der Waals surface area (Å²) in [4.78, 5) is 31.6. The van der Waals surface area contributed by atoms with Gasteiger partial charge in [0.25, 0.3) is 5.91 Å². The number of carbonyl (C=O) groups is 2. The van der Waals surface area contributed by atoms with Gasteiger partial charge in [0, 0.05) is 29.7 Å². The summed E-state index contributed by atoms with van der Waals surface area (Å²) < 4.78 is 5.63. The van der Waals surface area contributed by atoms with E-state index in [0.717, 1.165) is 21.8 Å². The molecule has 1 aliphatic heterocycles. The smallest absolute Gasteiger partial charge is 0.261 e. The van der Waals surface area contributed by atoms with Crippen LogP contribution in [0.4, 0.5) is 0 Å². The van der Waals surface area contributed by atoms with E-state index in [4.69, 9.17) is 4.74 Å². The van der Waals surface area contributed by atoms with Crippen LogP contribution in [-0.4, -0.2) is 52.5 Å². The molecule has 2 heterocycles. The third-order valence-corrected chi connectivity index (χ3v) is 7.06. The Hall–Kier alpha value is -2.84. The zero-order valence-corrected chi connectivity index (χ0v) is 19.5. The molecule has 1 aromatic heterocycles. The molecule has 0 saturated carbocycles. The number of nitrogens with zero attached hydrogens (tertiary/aromatic N) is 2. The van der Waals surface area contributed by atoms with E-state index in [9.17, 15) is 9.59 Å². The second-order valence-electron chi connectivity index (χ2n) is 7.54. The van der Waals surface area contributed by atoms with Gasteiger partial charge < -0.3 is 15.0 Å². The van der Waals surface area contributed by atoms with E-state index in [2.05, 4.69) is 10.3 Å². The molecule has 8 heteroatoms. The lowest BCUT2D eigenvalue weighted by Gasteiger charge is -2.23. The summed E-state index contributed by atoms with van der Waals surface area (Å²) in [6, 6.07) is 17.2. The van der Waals surface area contributed by atoms with E-state index in [1.807, 2.05) is 66.9 Å². The summed E-state index contributed by atoms with van der Waals surface area (Å²) in [6.45, 7) is 2.38.